The fourth-order valence-corrected chi connectivity index (χ4v) is 4.53. The van der Waals surface area contributed by atoms with Crippen LogP contribution >= 0.6 is 23.1 Å². The number of thiazole rings is 1. The third-order valence-corrected chi connectivity index (χ3v) is 5.82. The van der Waals surface area contributed by atoms with Crippen molar-refractivity contribution in [3.8, 4) is 0 Å². The Morgan fingerprint density at radius 2 is 2.33 bits per heavy atom. The molecule has 2 aromatic heterocycles. The van der Waals surface area contributed by atoms with Crippen LogP contribution in [0.4, 0.5) is 5.95 Å². The van der Waals surface area contributed by atoms with Crippen LogP contribution in [0.5, 0.6) is 0 Å². The van der Waals surface area contributed by atoms with Crippen LogP contribution in [0, 0.1) is 5.92 Å². The van der Waals surface area contributed by atoms with Crippen LogP contribution < -0.4 is 10.6 Å². The lowest BCUT2D eigenvalue weighted by Crippen LogP contribution is -2.28. The van der Waals surface area contributed by atoms with Gasteiger partial charge in [-0.15, -0.1) is 11.8 Å². The Balaban J connectivity index is 1.66. The molecule has 2 aromatic rings. The summed E-state index contributed by atoms with van der Waals surface area (Å²) in [5.41, 5.74) is 5.84. The van der Waals surface area contributed by atoms with E-state index in [9.17, 15) is 9.90 Å². The Bertz CT molecular complexity index is 742. The van der Waals surface area contributed by atoms with Crippen molar-refractivity contribution in [2.45, 2.75) is 30.6 Å². The number of rotatable bonds is 3. The van der Waals surface area contributed by atoms with E-state index in [0.717, 1.165) is 24.2 Å². The number of aliphatic hydroxyl groups excluding tert-OH is 1. The first-order chi connectivity index (χ1) is 10.1. The molecule has 1 saturated heterocycles. The van der Waals surface area contributed by atoms with Crippen molar-refractivity contribution in [1.82, 2.24) is 14.5 Å². The lowest BCUT2D eigenvalue weighted by atomic mass is 10.2. The normalized spacial score (nSPS) is 27.3. The molecule has 9 heteroatoms. The monoisotopic (exact) mass is 326 g/mol. The Morgan fingerprint density at radius 1 is 1.52 bits per heavy atom. The third kappa shape index (κ3) is 2.33. The van der Waals surface area contributed by atoms with Crippen LogP contribution in [0.1, 0.15) is 19.1 Å². The van der Waals surface area contributed by atoms with E-state index in [0.29, 0.717) is 22.0 Å². The average Bonchev–Trinajstić information content (AvgIpc) is 3.11. The quantitative estimate of drug-likeness (QED) is 0.859. The van der Waals surface area contributed by atoms with Crippen LogP contribution in [-0.2, 0) is 4.74 Å². The molecule has 112 valence electrons. The number of aliphatic hydroxyl groups is 1. The summed E-state index contributed by atoms with van der Waals surface area (Å²) in [5, 5.41) is 10.2. The summed E-state index contributed by atoms with van der Waals surface area (Å²) in [6.07, 6.45) is 2.79. The first kappa shape index (κ1) is 13.5. The van der Waals surface area contributed by atoms with E-state index in [4.69, 9.17) is 10.5 Å². The van der Waals surface area contributed by atoms with Crippen molar-refractivity contribution >= 4 is 39.4 Å². The summed E-state index contributed by atoms with van der Waals surface area (Å²) in [6, 6.07) is 0. The molecule has 0 spiro atoms. The van der Waals surface area contributed by atoms with Crippen molar-refractivity contribution in [1.29, 1.82) is 0 Å². The van der Waals surface area contributed by atoms with Crippen molar-refractivity contribution < 1.29 is 9.84 Å². The number of nitrogens with zero attached hydrogens (tertiary/aromatic N) is 3. The number of fused-ring (bicyclic) bond motifs is 1. The summed E-state index contributed by atoms with van der Waals surface area (Å²) in [6.45, 7) is 0. The highest BCUT2D eigenvalue weighted by atomic mass is 32.2. The molecule has 3 unspecified atom stereocenters. The molecule has 3 N–H and O–H groups in total. The molecular weight excluding hydrogens is 312 g/mol. The molecule has 2 fully saturated rings. The number of ether oxygens (including phenoxy) is 1. The third-order valence-electron chi connectivity index (χ3n) is 3.74. The standard InChI is InChI=1S/C12H14N4O3S2/c13-11-14-3-6-9(15-11)16(12(18)21-6)7-4-20-10(19-7)8(17)5-1-2-5/h3,5,7-8,10,17H,1-2,4H2,(H2,13,14,15). The van der Waals surface area contributed by atoms with Crippen LogP contribution in [0.2, 0.25) is 0 Å². The number of thioether (sulfide) groups is 1. The zero-order chi connectivity index (χ0) is 14.6. The van der Waals surface area contributed by atoms with Gasteiger partial charge in [0.2, 0.25) is 5.95 Å². The molecule has 3 heterocycles. The first-order valence-corrected chi connectivity index (χ1v) is 8.58. The lowest BCUT2D eigenvalue weighted by Gasteiger charge is -2.18. The Kier molecular flexibility index (Phi) is 3.18. The van der Waals surface area contributed by atoms with Gasteiger partial charge in [0.1, 0.15) is 11.7 Å². The lowest BCUT2D eigenvalue weighted by molar-refractivity contribution is -0.0440. The summed E-state index contributed by atoms with van der Waals surface area (Å²) < 4.78 is 8.09. The molecule has 1 saturated carbocycles. The van der Waals surface area contributed by atoms with Crippen LogP contribution in [0.15, 0.2) is 11.0 Å². The smallest absolute Gasteiger partial charge is 0.311 e. The topological polar surface area (TPSA) is 103 Å². The molecular formula is C12H14N4O3S2. The van der Waals surface area contributed by atoms with Crippen LogP contribution in [-0.4, -0.2) is 36.9 Å². The zero-order valence-electron chi connectivity index (χ0n) is 11.0. The van der Waals surface area contributed by atoms with Gasteiger partial charge >= 0.3 is 4.87 Å². The van der Waals surface area contributed by atoms with Gasteiger partial charge in [0.15, 0.2) is 5.65 Å². The van der Waals surface area contributed by atoms with E-state index < -0.39 is 12.3 Å². The second kappa shape index (κ2) is 4.94. The van der Waals surface area contributed by atoms with Crippen LogP contribution in [0.3, 0.4) is 0 Å². The zero-order valence-corrected chi connectivity index (χ0v) is 12.6. The molecule has 3 atom stereocenters. The summed E-state index contributed by atoms with van der Waals surface area (Å²) in [7, 11) is 0. The molecule has 0 bridgehead atoms. The number of aromatic nitrogens is 3. The van der Waals surface area contributed by atoms with E-state index in [-0.39, 0.29) is 16.3 Å². The molecule has 0 amide bonds. The maximum Gasteiger partial charge on any atom is 0.311 e. The first-order valence-electron chi connectivity index (χ1n) is 6.72. The largest absolute Gasteiger partial charge is 0.389 e. The van der Waals surface area contributed by atoms with Gasteiger partial charge in [-0.05, 0) is 18.8 Å². The molecule has 0 radical (unpaired) electrons. The fourth-order valence-electron chi connectivity index (χ4n) is 2.49. The Hall–Kier alpha value is -1.16. The molecule has 2 aliphatic rings. The highest BCUT2D eigenvalue weighted by Crippen LogP contribution is 2.42. The number of hydrogen-bond donors (Lipinski definition) is 2. The van der Waals surface area contributed by atoms with Crippen molar-refractivity contribution in [3.63, 3.8) is 0 Å². The van der Waals surface area contributed by atoms with Gasteiger partial charge in [-0.25, -0.2) is 4.98 Å². The SMILES string of the molecule is Nc1ncc2sc(=O)n(C3CSC(C(O)C4CC4)O3)c2n1. The number of nitrogens with two attached hydrogens (primary N) is 1. The minimum absolute atomic E-state index is 0.134. The minimum atomic E-state index is -0.458. The minimum Gasteiger partial charge on any atom is -0.389 e. The van der Waals surface area contributed by atoms with Crippen LogP contribution in [0.25, 0.3) is 10.3 Å². The van der Waals surface area contributed by atoms with Gasteiger partial charge < -0.3 is 15.6 Å². The fraction of sp³-hybridized carbons (Fsp3) is 0.583. The number of hydrogen-bond acceptors (Lipinski definition) is 8. The number of nitrogen functional groups attached to an aromatic ring is 1. The highest BCUT2D eigenvalue weighted by Gasteiger charge is 2.41. The van der Waals surface area contributed by atoms with Gasteiger partial charge in [-0.2, -0.15) is 4.98 Å². The molecule has 1 aliphatic heterocycles. The average molecular weight is 326 g/mol. The predicted octanol–water partition coefficient (Wildman–Crippen LogP) is 0.794. The van der Waals surface area contributed by atoms with E-state index in [2.05, 4.69) is 9.97 Å². The van der Waals surface area contributed by atoms with Gasteiger partial charge in [-0.1, -0.05) is 11.3 Å². The molecule has 7 nitrogen and oxygen atoms in total. The van der Waals surface area contributed by atoms with E-state index >= 15 is 0 Å². The number of anilines is 1. The van der Waals surface area contributed by atoms with Crippen molar-refractivity contribution in [2.75, 3.05) is 11.5 Å². The maximum atomic E-state index is 12.2. The predicted molar refractivity (Wildman–Crippen MR) is 81.2 cm³/mol. The highest BCUT2D eigenvalue weighted by molar-refractivity contribution is 8.00. The summed E-state index contributed by atoms with van der Waals surface area (Å²) in [4.78, 5) is 20.1. The maximum absolute atomic E-state index is 12.2. The summed E-state index contributed by atoms with van der Waals surface area (Å²) >= 11 is 2.62. The van der Waals surface area contributed by atoms with Gasteiger partial charge in [0.05, 0.1) is 17.0 Å². The van der Waals surface area contributed by atoms with E-state index in [1.54, 1.807) is 18.0 Å². The second-order valence-corrected chi connectivity index (χ2v) is 7.40. The second-order valence-electron chi connectivity index (χ2n) is 5.27. The van der Waals surface area contributed by atoms with Crippen molar-refractivity contribution in [3.05, 3.63) is 15.9 Å². The van der Waals surface area contributed by atoms with E-state index in [1.165, 1.54) is 4.57 Å². The van der Waals surface area contributed by atoms with Gasteiger partial charge in [0.25, 0.3) is 0 Å². The molecule has 1 aliphatic carbocycles. The van der Waals surface area contributed by atoms with Gasteiger partial charge in [0, 0.05) is 5.75 Å². The summed E-state index contributed by atoms with van der Waals surface area (Å²) in [5.74, 6) is 1.09. The van der Waals surface area contributed by atoms with Gasteiger partial charge in [-0.3, -0.25) is 9.36 Å². The Morgan fingerprint density at radius 3 is 3.10 bits per heavy atom. The van der Waals surface area contributed by atoms with Crippen molar-refractivity contribution in [2.24, 2.45) is 5.92 Å². The molecule has 0 aromatic carbocycles. The molecule has 21 heavy (non-hydrogen) atoms. The van der Waals surface area contributed by atoms with E-state index in [1.807, 2.05) is 0 Å². The Labute approximate surface area is 128 Å². The molecule has 4 rings (SSSR count).